The molecule has 0 amide bonds. The highest BCUT2D eigenvalue weighted by Crippen LogP contribution is 2.35. The molecule has 14 heavy (non-hydrogen) atoms. The maximum absolute atomic E-state index is 11.4. The van der Waals surface area contributed by atoms with Gasteiger partial charge in [0.05, 0.1) is 4.99 Å². The molecule has 1 saturated carbocycles. The number of H-pyrrole nitrogens is 1. The van der Waals surface area contributed by atoms with Gasteiger partial charge in [0, 0.05) is 0 Å². The molecule has 1 aliphatic carbocycles. The van der Waals surface area contributed by atoms with Crippen LogP contribution in [-0.4, -0.2) is 19.8 Å². The van der Waals surface area contributed by atoms with E-state index in [0.717, 1.165) is 25.7 Å². The fourth-order valence-electron chi connectivity index (χ4n) is 2.12. The smallest absolute Gasteiger partial charge is 0.343 e. The minimum Gasteiger partial charge on any atom is -0.391 e. The van der Waals surface area contributed by atoms with Crippen molar-refractivity contribution in [3.05, 3.63) is 16.8 Å². The minimum atomic E-state index is -0.473. The third-order valence-electron chi connectivity index (χ3n) is 2.90. The second-order valence-electron chi connectivity index (χ2n) is 3.63. The van der Waals surface area contributed by atoms with Crippen LogP contribution in [0.2, 0.25) is 0 Å². The topological polar surface area (TPSA) is 76.7 Å². The monoisotopic (exact) mass is 212 g/mol. The fourth-order valence-corrected chi connectivity index (χ4v) is 2.42. The first-order valence-electron chi connectivity index (χ1n) is 4.59. The molecular weight excluding hydrogens is 200 g/mol. The lowest BCUT2D eigenvalue weighted by atomic mass is 9.97. The van der Waals surface area contributed by atoms with E-state index in [-0.39, 0.29) is 5.69 Å². The van der Waals surface area contributed by atoms with Gasteiger partial charge in [-0.25, -0.2) is 9.89 Å². The molecule has 5 nitrogen and oxygen atoms in total. The number of nitrogens with one attached hydrogen (secondary N) is 1. The van der Waals surface area contributed by atoms with Crippen LogP contribution in [0.1, 0.15) is 25.7 Å². The first kappa shape index (κ1) is 9.39. The molecule has 3 N–H and O–H groups in total. The summed E-state index contributed by atoms with van der Waals surface area (Å²) < 4.78 is 1.53. The normalized spacial score (nSPS) is 19.7. The van der Waals surface area contributed by atoms with Crippen molar-refractivity contribution in [2.75, 3.05) is 0 Å². The van der Waals surface area contributed by atoms with E-state index < -0.39 is 5.54 Å². The number of rotatable bonds is 2. The SMILES string of the molecule is NC(=S)C1(n2cn[nH]c2=O)CCCC1. The summed E-state index contributed by atoms with van der Waals surface area (Å²) in [6.07, 6.45) is 5.25. The number of nitrogens with zero attached hydrogens (tertiary/aromatic N) is 2. The zero-order chi connectivity index (χ0) is 10.2. The molecule has 1 heterocycles. The van der Waals surface area contributed by atoms with Gasteiger partial charge in [-0.15, -0.1) is 0 Å². The number of nitrogens with two attached hydrogens (primary N) is 1. The summed E-state index contributed by atoms with van der Waals surface area (Å²) in [6, 6.07) is 0. The molecule has 0 radical (unpaired) electrons. The third kappa shape index (κ3) is 1.18. The first-order valence-corrected chi connectivity index (χ1v) is 5.00. The Balaban J connectivity index is 2.52. The van der Waals surface area contributed by atoms with Gasteiger partial charge in [-0.05, 0) is 12.8 Å². The number of hydrogen-bond donors (Lipinski definition) is 2. The Kier molecular flexibility index (Phi) is 2.14. The summed E-state index contributed by atoms with van der Waals surface area (Å²) in [6.45, 7) is 0. The molecule has 0 spiro atoms. The molecule has 0 unspecified atom stereocenters. The molecule has 76 valence electrons. The number of thiocarbonyl (C=S) groups is 1. The van der Waals surface area contributed by atoms with E-state index in [1.807, 2.05) is 0 Å². The summed E-state index contributed by atoms with van der Waals surface area (Å²) in [7, 11) is 0. The van der Waals surface area contributed by atoms with Crippen molar-refractivity contribution in [1.29, 1.82) is 0 Å². The predicted molar refractivity (Wildman–Crippen MR) is 56.1 cm³/mol. The van der Waals surface area contributed by atoms with Crippen molar-refractivity contribution < 1.29 is 0 Å². The van der Waals surface area contributed by atoms with Crippen LogP contribution in [0.5, 0.6) is 0 Å². The lowest BCUT2D eigenvalue weighted by molar-refractivity contribution is 0.406. The molecule has 1 aromatic rings. The Bertz CT molecular complexity index is 401. The van der Waals surface area contributed by atoms with Crippen LogP contribution in [-0.2, 0) is 5.54 Å². The minimum absolute atomic E-state index is 0.236. The van der Waals surface area contributed by atoms with Gasteiger partial charge in [-0.2, -0.15) is 5.10 Å². The van der Waals surface area contributed by atoms with Crippen LogP contribution in [0.3, 0.4) is 0 Å². The van der Waals surface area contributed by atoms with Crippen LogP contribution >= 0.6 is 12.2 Å². The van der Waals surface area contributed by atoms with Crippen molar-refractivity contribution in [2.45, 2.75) is 31.2 Å². The molecular formula is C8H12N4OS. The highest BCUT2D eigenvalue weighted by molar-refractivity contribution is 7.80. The molecule has 1 aromatic heterocycles. The molecule has 0 atom stereocenters. The number of hydrogen-bond acceptors (Lipinski definition) is 3. The van der Waals surface area contributed by atoms with Gasteiger partial charge in [-0.3, -0.25) is 4.57 Å². The predicted octanol–water partition coefficient (Wildman–Crippen LogP) is 0.127. The van der Waals surface area contributed by atoms with E-state index in [1.54, 1.807) is 0 Å². The van der Waals surface area contributed by atoms with Gasteiger partial charge in [0.15, 0.2) is 0 Å². The van der Waals surface area contributed by atoms with Gasteiger partial charge >= 0.3 is 5.69 Å². The highest BCUT2D eigenvalue weighted by Gasteiger charge is 2.39. The van der Waals surface area contributed by atoms with Gasteiger partial charge in [0.1, 0.15) is 11.9 Å². The van der Waals surface area contributed by atoms with Crippen molar-refractivity contribution >= 4 is 17.2 Å². The van der Waals surface area contributed by atoms with Crippen LogP contribution in [0, 0.1) is 0 Å². The standard InChI is InChI=1S/C8H12N4OS/c9-6(14)8(3-1-2-4-8)12-5-10-11-7(12)13/h5H,1-4H2,(H2,9,14)(H,11,13). The molecule has 2 rings (SSSR count). The molecule has 1 aliphatic rings. The Morgan fingerprint density at radius 3 is 2.71 bits per heavy atom. The van der Waals surface area contributed by atoms with Gasteiger partial charge in [0.2, 0.25) is 0 Å². The molecule has 0 saturated heterocycles. The van der Waals surface area contributed by atoms with Crippen molar-refractivity contribution in [3.8, 4) is 0 Å². The fraction of sp³-hybridized carbons (Fsp3) is 0.625. The molecule has 6 heteroatoms. The molecule has 1 fully saturated rings. The van der Waals surface area contributed by atoms with E-state index in [4.69, 9.17) is 18.0 Å². The zero-order valence-electron chi connectivity index (χ0n) is 7.69. The Morgan fingerprint density at radius 2 is 2.29 bits per heavy atom. The number of aromatic nitrogens is 3. The van der Waals surface area contributed by atoms with Crippen LogP contribution in [0.4, 0.5) is 0 Å². The second-order valence-corrected chi connectivity index (χ2v) is 4.07. The molecule has 0 bridgehead atoms. The van der Waals surface area contributed by atoms with E-state index in [0.29, 0.717) is 4.99 Å². The summed E-state index contributed by atoms with van der Waals surface area (Å²) in [4.78, 5) is 11.8. The Labute approximate surface area is 86.3 Å². The lowest BCUT2D eigenvalue weighted by Gasteiger charge is -2.27. The maximum Gasteiger partial charge on any atom is 0.343 e. The van der Waals surface area contributed by atoms with Gasteiger partial charge < -0.3 is 5.73 Å². The largest absolute Gasteiger partial charge is 0.391 e. The van der Waals surface area contributed by atoms with Crippen molar-refractivity contribution in [1.82, 2.24) is 14.8 Å². The highest BCUT2D eigenvalue weighted by atomic mass is 32.1. The summed E-state index contributed by atoms with van der Waals surface area (Å²) in [5.41, 5.74) is 5.01. The van der Waals surface area contributed by atoms with E-state index in [1.165, 1.54) is 10.9 Å². The molecule has 0 aromatic carbocycles. The Morgan fingerprint density at radius 1 is 1.64 bits per heavy atom. The first-order chi connectivity index (χ1) is 6.67. The third-order valence-corrected chi connectivity index (χ3v) is 3.28. The van der Waals surface area contributed by atoms with Crippen LogP contribution < -0.4 is 11.4 Å². The van der Waals surface area contributed by atoms with Crippen LogP contribution in [0.25, 0.3) is 0 Å². The van der Waals surface area contributed by atoms with Crippen molar-refractivity contribution in [2.24, 2.45) is 5.73 Å². The second kappa shape index (κ2) is 3.20. The zero-order valence-corrected chi connectivity index (χ0v) is 8.51. The summed E-state index contributed by atoms with van der Waals surface area (Å²) >= 11 is 5.05. The van der Waals surface area contributed by atoms with Gasteiger partial charge in [0.25, 0.3) is 0 Å². The van der Waals surface area contributed by atoms with Crippen LogP contribution in [0.15, 0.2) is 11.1 Å². The van der Waals surface area contributed by atoms with Gasteiger partial charge in [-0.1, -0.05) is 25.1 Å². The Hall–Kier alpha value is -1.17. The quantitative estimate of drug-likeness (QED) is 0.683. The number of aromatic amines is 1. The lowest BCUT2D eigenvalue weighted by Crippen LogP contribution is -2.47. The van der Waals surface area contributed by atoms with E-state index in [2.05, 4.69) is 10.2 Å². The molecule has 0 aliphatic heterocycles. The average molecular weight is 212 g/mol. The van der Waals surface area contributed by atoms with E-state index in [9.17, 15) is 4.79 Å². The van der Waals surface area contributed by atoms with Crippen molar-refractivity contribution in [3.63, 3.8) is 0 Å². The average Bonchev–Trinajstić information content (AvgIpc) is 2.72. The summed E-state index contributed by atoms with van der Waals surface area (Å²) in [5.74, 6) is 0. The van der Waals surface area contributed by atoms with E-state index >= 15 is 0 Å². The maximum atomic E-state index is 11.4. The summed E-state index contributed by atoms with van der Waals surface area (Å²) in [5, 5.41) is 6.07.